The summed E-state index contributed by atoms with van der Waals surface area (Å²) < 4.78 is 0. The van der Waals surface area contributed by atoms with Gasteiger partial charge in [0.05, 0.1) is 17.4 Å². The van der Waals surface area contributed by atoms with Crippen LogP contribution in [-0.2, 0) is 10.3 Å². The van der Waals surface area contributed by atoms with E-state index in [9.17, 15) is 9.90 Å². The van der Waals surface area contributed by atoms with E-state index in [1.807, 2.05) is 24.8 Å². The molecule has 0 radical (unpaired) electrons. The number of rotatable bonds is 3. The van der Waals surface area contributed by atoms with Crippen LogP contribution in [0, 0.1) is 0 Å². The molecule has 2 aliphatic heterocycles. The zero-order valence-electron chi connectivity index (χ0n) is 15.4. The minimum Gasteiger partial charge on any atom is -0.479 e. The number of hydrogen-bond acceptors (Lipinski definition) is 5. The molecule has 2 N–H and O–H groups in total. The lowest BCUT2D eigenvalue weighted by Gasteiger charge is -2.36. The molecule has 1 saturated heterocycles. The van der Waals surface area contributed by atoms with Crippen molar-refractivity contribution in [1.29, 1.82) is 0 Å². The van der Waals surface area contributed by atoms with Crippen molar-refractivity contribution < 1.29 is 9.90 Å². The molecule has 3 heterocycles. The molecule has 7 heteroatoms. The van der Waals surface area contributed by atoms with Crippen LogP contribution in [0.3, 0.4) is 0 Å². The van der Waals surface area contributed by atoms with Crippen molar-refractivity contribution in [3.05, 3.63) is 52.4 Å². The zero-order chi connectivity index (χ0) is 19.2. The lowest BCUT2D eigenvalue weighted by Crippen LogP contribution is -2.41. The van der Waals surface area contributed by atoms with Gasteiger partial charge in [-0.3, -0.25) is 4.98 Å². The summed E-state index contributed by atoms with van der Waals surface area (Å²) in [4.78, 5) is 23.3. The summed E-state index contributed by atoms with van der Waals surface area (Å²) >= 11 is 6.20. The molecule has 1 fully saturated rings. The van der Waals surface area contributed by atoms with Crippen LogP contribution in [0.1, 0.15) is 55.5 Å². The van der Waals surface area contributed by atoms with Gasteiger partial charge in [0.1, 0.15) is 5.82 Å². The molecular formula is C20H23ClN4O2. The second-order valence-corrected chi connectivity index (χ2v) is 8.18. The number of hydrogen-bond donors (Lipinski definition) is 2. The zero-order valence-corrected chi connectivity index (χ0v) is 16.2. The molecule has 0 aliphatic carbocycles. The van der Waals surface area contributed by atoms with Gasteiger partial charge in [0, 0.05) is 23.7 Å². The highest BCUT2D eigenvalue weighted by atomic mass is 35.5. The van der Waals surface area contributed by atoms with Crippen molar-refractivity contribution in [3.63, 3.8) is 0 Å². The van der Waals surface area contributed by atoms with Crippen molar-refractivity contribution in [2.24, 2.45) is 0 Å². The third-order valence-corrected chi connectivity index (χ3v) is 5.90. The number of halogens is 1. The number of benzene rings is 1. The van der Waals surface area contributed by atoms with E-state index in [1.54, 1.807) is 24.5 Å². The van der Waals surface area contributed by atoms with Gasteiger partial charge in [0.15, 0.2) is 6.04 Å². The third kappa shape index (κ3) is 3.07. The fraction of sp³-hybridized carbons (Fsp3) is 0.450. The Hall–Kier alpha value is -2.18. The molecular weight excluding hydrogens is 364 g/mol. The standard InChI is InChI=1S/C20H23ClN4O2/c1-20(2)15-8-13(21)5-6-14(15)18(19(26)27)25(20)17-11-23-10-16(24-17)12-4-3-7-22-9-12/h5-6,8,10-12,18,22H,3-4,7,9H2,1-2H3,(H,26,27). The molecule has 2 aromatic rings. The Morgan fingerprint density at radius 3 is 2.89 bits per heavy atom. The van der Waals surface area contributed by atoms with Gasteiger partial charge >= 0.3 is 5.97 Å². The minimum absolute atomic E-state index is 0.303. The van der Waals surface area contributed by atoms with E-state index in [0.29, 0.717) is 16.8 Å². The number of nitrogens with one attached hydrogen (secondary N) is 1. The maximum Gasteiger partial charge on any atom is 0.331 e. The van der Waals surface area contributed by atoms with E-state index in [0.717, 1.165) is 42.8 Å². The molecule has 142 valence electrons. The topological polar surface area (TPSA) is 78.3 Å². The first-order chi connectivity index (χ1) is 12.9. The maximum absolute atomic E-state index is 12.2. The van der Waals surface area contributed by atoms with E-state index in [2.05, 4.69) is 10.3 Å². The highest BCUT2D eigenvalue weighted by Gasteiger charge is 2.48. The predicted octanol–water partition coefficient (Wildman–Crippen LogP) is 3.48. The summed E-state index contributed by atoms with van der Waals surface area (Å²) in [5.41, 5.74) is 2.01. The summed E-state index contributed by atoms with van der Waals surface area (Å²) in [6, 6.07) is 4.59. The Kier molecular flexibility index (Phi) is 4.56. The Bertz CT molecular complexity index is 880. The second-order valence-electron chi connectivity index (χ2n) is 7.75. The largest absolute Gasteiger partial charge is 0.479 e. The maximum atomic E-state index is 12.2. The lowest BCUT2D eigenvalue weighted by molar-refractivity contribution is -0.138. The molecule has 0 bridgehead atoms. The summed E-state index contributed by atoms with van der Waals surface area (Å²) in [6.45, 7) is 5.91. The van der Waals surface area contributed by atoms with E-state index < -0.39 is 17.6 Å². The van der Waals surface area contributed by atoms with Crippen LogP contribution in [0.25, 0.3) is 0 Å². The molecule has 2 atom stereocenters. The van der Waals surface area contributed by atoms with Gasteiger partial charge in [-0.05, 0) is 56.5 Å². The van der Waals surface area contributed by atoms with E-state index in [-0.39, 0.29) is 0 Å². The number of carboxylic acid groups (broad SMARTS) is 1. The van der Waals surface area contributed by atoms with E-state index in [4.69, 9.17) is 16.6 Å². The van der Waals surface area contributed by atoms with Crippen LogP contribution >= 0.6 is 11.6 Å². The SMILES string of the molecule is CC1(C)c2cc(Cl)ccc2C(C(=O)O)N1c1cncc(C2CCCNC2)n1. The molecule has 6 nitrogen and oxygen atoms in total. The van der Waals surface area contributed by atoms with Crippen LogP contribution in [0.2, 0.25) is 5.02 Å². The quantitative estimate of drug-likeness (QED) is 0.840. The molecule has 0 saturated carbocycles. The summed E-state index contributed by atoms with van der Waals surface area (Å²) in [5.74, 6) is -0.0181. The Morgan fingerprint density at radius 2 is 2.19 bits per heavy atom. The number of nitrogens with zero attached hydrogens (tertiary/aromatic N) is 3. The fourth-order valence-corrected chi connectivity index (χ4v) is 4.51. The monoisotopic (exact) mass is 386 g/mol. The molecule has 1 aromatic carbocycles. The lowest BCUT2D eigenvalue weighted by atomic mass is 9.93. The van der Waals surface area contributed by atoms with Gasteiger partial charge in [0.2, 0.25) is 0 Å². The van der Waals surface area contributed by atoms with Gasteiger partial charge in [0.25, 0.3) is 0 Å². The van der Waals surface area contributed by atoms with E-state index >= 15 is 0 Å². The second kappa shape index (κ2) is 6.77. The molecule has 1 aromatic heterocycles. The van der Waals surface area contributed by atoms with Crippen LogP contribution < -0.4 is 10.2 Å². The first-order valence-electron chi connectivity index (χ1n) is 9.24. The fourth-order valence-electron chi connectivity index (χ4n) is 4.34. The van der Waals surface area contributed by atoms with Gasteiger partial charge < -0.3 is 15.3 Å². The van der Waals surface area contributed by atoms with Crippen LogP contribution in [0.4, 0.5) is 5.82 Å². The Morgan fingerprint density at radius 1 is 1.37 bits per heavy atom. The Balaban J connectivity index is 1.79. The number of anilines is 1. The highest BCUT2D eigenvalue weighted by Crippen LogP contribution is 2.48. The van der Waals surface area contributed by atoms with Crippen LogP contribution in [-0.4, -0.2) is 34.1 Å². The van der Waals surface area contributed by atoms with Crippen molar-refractivity contribution in [2.75, 3.05) is 18.0 Å². The smallest absolute Gasteiger partial charge is 0.331 e. The number of carbonyl (C=O) groups is 1. The summed E-state index contributed by atoms with van der Waals surface area (Å²) in [5, 5.41) is 14.0. The van der Waals surface area contributed by atoms with Crippen LogP contribution in [0.5, 0.6) is 0 Å². The van der Waals surface area contributed by atoms with Crippen LogP contribution in [0.15, 0.2) is 30.6 Å². The summed E-state index contributed by atoms with van der Waals surface area (Å²) in [6.07, 6.45) is 5.62. The first kappa shape index (κ1) is 18.2. The van der Waals surface area contributed by atoms with E-state index in [1.165, 1.54) is 0 Å². The third-order valence-electron chi connectivity index (χ3n) is 5.67. The molecule has 4 rings (SSSR count). The van der Waals surface area contributed by atoms with Crippen molar-refractivity contribution in [1.82, 2.24) is 15.3 Å². The van der Waals surface area contributed by atoms with Gasteiger partial charge in [-0.15, -0.1) is 0 Å². The molecule has 0 amide bonds. The van der Waals surface area contributed by atoms with Gasteiger partial charge in [-0.2, -0.15) is 0 Å². The highest BCUT2D eigenvalue weighted by molar-refractivity contribution is 6.30. The average Bonchev–Trinajstić information content (AvgIpc) is 2.90. The van der Waals surface area contributed by atoms with Gasteiger partial charge in [-0.1, -0.05) is 17.7 Å². The first-order valence-corrected chi connectivity index (χ1v) is 9.62. The normalized spacial score (nSPS) is 23.9. The number of fused-ring (bicyclic) bond motifs is 1. The molecule has 0 spiro atoms. The van der Waals surface area contributed by atoms with Crippen molar-refractivity contribution >= 4 is 23.4 Å². The number of carboxylic acids is 1. The predicted molar refractivity (Wildman–Crippen MR) is 104 cm³/mol. The van der Waals surface area contributed by atoms with Crippen molar-refractivity contribution in [2.45, 2.75) is 44.2 Å². The number of aliphatic carboxylic acids is 1. The summed E-state index contributed by atoms with van der Waals surface area (Å²) in [7, 11) is 0. The molecule has 2 aliphatic rings. The average molecular weight is 387 g/mol. The van der Waals surface area contributed by atoms with Gasteiger partial charge in [-0.25, -0.2) is 9.78 Å². The minimum atomic E-state index is -0.907. The number of piperidine rings is 1. The molecule has 27 heavy (non-hydrogen) atoms. The number of aromatic nitrogens is 2. The molecule has 2 unspecified atom stereocenters. The van der Waals surface area contributed by atoms with Crippen molar-refractivity contribution in [3.8, 4) is 0 Å². The Labute approximate surface area is 163 Å².